The molecule has 1 saturated carbocycles. The summed E-state index contributed by atoms with van der Waals surface area (Å²) in [5, 5.41) is 0. The van der Waals surface area contributed by atoms with Gasteiger partial charge in [0.25, 0.3) is 0 Å². The summed E-state index contributed by atoms with van der Waals surface area (Å²) in [6.07, 6.45) is 3.34. The average Bonchev–Trinajstić information content (AvgIpc) is 3.06. The van der Waals surface area contributed by atoms with E-state index in [1.165, 1.54) is 16.6 Å². The second kappa shape index (κ2) is 4.55. The molecule has 1 heterocycles. The van der Waals surface area contributed by atoms with Crippen LogP contribution in [-0.4, -0.2) is 30.3 Å². The van der Waals surface area contributed by atoms with Gasteiger partial charge in [-0.15, -0.1) is 0 Å². The van der Waals surface area contributed by atoms with Crippen molar-refractivity contribution in [3.63, 3.8) is 0 Å². The van der Waals surface area contributed by atoms with E-state index in [1.54, 1.807) is 0 Å². The Labute approximate surface area is 109 Å². The molecule has 1 aromatic rings. The number of sulfonamides is 1. The third kappa shape index (κ3) is 2.46. The normalized spacial score (nSPS) is 16.4. The predicted octanol–water partition coefficient (Wildman–Crippen LogP) is 1.60. The number of aromatic nitrogens is 1. The molecule has 1 aliphatic rings. The molecule has 0 unspecified atom stereocenters. The Hall–Kier alpha value is -0.660. The Kier molecular flexibility index (Phi) is 3.42. The molecular weight excluding hydrogens is 306 g/mol. The highest BCUT2D eigenvalue weighted by Crippen LogP contribution is 2.33. The molecule has 1 aromatic heterocycles. The summed E-state index contributed by atoms with van der Waals surface area (Å²) in [6.45, 7) is 2.29. The summed E-state index contributed by atoms with van der Waals surface area (Å²) >= 11 is 3.21. The van der Waals surface area contributed by atoms with Crippen LogP contribution in [0.25, 0.3) is 0 Å². The standard InChI is InChI=1S/C10H14BrN3O2S/c1-2-14(8-3-4-8)17(15,16)9-5-7(11)6-13-10(9)12/h5-6,8H,2-4H2,1H3,(H2,12,13). The van der Waals surface area contributed by atoms with Gasteiger partial charge in [-0.25, -0.2) is 13.4 Å². The second-order valence-corrected chi connectivity index (χ2v) is 6.75. The summed E-state index contributed by atoms with van der Waals surface area (Å²) in [5.41, 5.74) is 5.65. The van der Waals surface area contributed by atoms with Gasteiger partial charge < -0.3 is 5.73 Å². The first-order chi connectivity index (χ1) is 7.96. The zero-order valence-corrected chi connectivity index (χ0v) is 11.8. The molecule has 5 nitrogen and oxygen atoms in total. The number of hydrogen-bond donors (Lipinski definition) is 1. The topological polar surface area (TPSA) is 76.3 Å². The van der Waals surface area contributed by atoms with Crippen molar-refractivity contribution in [2.24, 2.45) is 0 Å². The molecule has 1 fully saturated rings. The fourth-order valence-electron chi connectivity index (χ4n) is 1.75. The van der Waals surface area contributed by atoms with Crippen molar-refractivity contribution in [3.8, 4) is 0 Å². The van der Waals surface area contributed by atoms with E-state index in [0.717, 1.165) is 12.8 Å². The van der Waals surface area contributed by atoms with Gasteiger partial charge in [-0.2, -0.15) is 4.31 Å². The molecule has 0 atom stereocenters. The number of rotatable bonds is 4. The second-order valence-electron chi connectivity index (χ2n) is 3.98. The zero-order chi connectivity index (χ0) is 12.6. The number of nitrogens with zero attached hydrogens (tertiary/aromatic N) is 2. The Morgan fingerprint density at radius 1 is 1.59 bits per heavy atom. The summed E-state index contributed by atoms with van der Waals surface area (Å²) in [6, 6.07) is 1.63. The number of anilines is 1. The third-order valence-corrected chi connectivity index (χ3v) is 5.19. The zero-order valence-electron chi connectivity index (χ0n) is 9.43. The third-order valence-electron chi connectivity index (χ3n) is 2.70. The number of nitrogens with two attached hydrogens (primary N) is 1. The lowest BCUT2D eigenvalue weighted by molar-refractivity contribution is 0.421. The van der Waals surface area contributed by atoms with Gasteiger partial charge in [0, 0.05) is 23.3 Å². The van der Waals surface area contributed by atoms with E-state index in [1.807, 2.05) is 6.92 Å². The van der Waals surface area contributed by atoms with Crippen LogP contribution in [-0.2, 0) is 10.0 Å². The molecular formula is C10H14BrN3O2S. The molecule has 0 bridgehead atoms. The van der Waals surface area contributed by atoms with Gasteiger partial charge in [0.1, 0.15) is 10.7 Å². The maximum Gasteiger partial charge on any atom is 0.247 e. The largest absolute Gasteiger partial charge is 0.383 e. The molecule has 17 heavy (non-hydrogen) atoms. The van der Waals surface area contributed by atoms with Crippen LogP contribution < -0.4 is 5.73 Å². The summed E-state index contributed by atoms with van der Waals surface area (Å²) in [7, 11) is -3.53. The lowest BCUT2D eigenvalue weighted by Gasteiger charge is -2.20. The molecule has 0 spiro atoms. The van der Waals surface area contributed by atoms with Crippen molar-refractivity contribution in [3.05, 3.63) is 16.7 Å². The van der Waals surface area contributed by atoms with Crippen molar-refractivity contribution < 1.29 is 8.42 Å². The summed E-state index contributed by atoms with van der Waals surface area (Å²) in [5.74, 6) is 0.0484. The molecule has 0 aliphatic heterocycles. The van der Waals surface area contributed by atoms with Crippen LogP contribution in [0.1, 0.15) is 19.8 Å². The number of nitrogen functional groups attached to an aromatic ring is 1. The minimum atomic E-state index is -3.53. The SMILES string of the molecule is CCN(C1CC1)S(=O)(=O)c1cc(Br)cnc1N. The quantitative estimate of drug-likeness (QED) is 0.914. The van der Waals surface area contributed by atoms with Gasteiger partial charge >= 0.3 is 0 Å². The van der Waals surface area contributed by atoms with Crippen LogP contribution in [0.2, 0.25) is 0 Å². The van der Waals surface area contributed by atoms with Crippen LogP contribution in [0.3, 0.4) is 0 Å². The Balaban J connectivity index is 2.46. The lowest BCUT2D eigenvalue weighted by atomic mass is 10.5. The smallest absolute Gasteiger partial charge is 0.247 e. The van der Waals surface area contributed by atoms with Crippen LogP contribution in [0.5, 0.6) is 0 Å². The van der Waals surface area contributed by atoms with E-state index < -0.39 is 10.0 Å². The fourth-order valence-corrected chi connectivity index (χ4v) is 4.02. The minimum Gasteiger partial charge on any atom is -0.383 e. The van der Waals surface area contributed by atoms with Crippen LogP contribution in [0, 0.1) is 0 Å². The highest BCUT2D eigenvalue weighted by molar-refractivity contribution is 9.10. The van der Waals surface area contributed by atoms with Gasteiger partial charge in [0.05, 0.1) is 0 Å². The maximum absolute atomic E-state index is 12.4. The van der Waals surface area contributed by atoms with E-state index in [-0.39, 0.29) is 16.8 Å². The first kappa shape index (κ1) is 12.8. The molecule has 94 valence electrons. The van der Waals surface area contributed by atoms with Crippen molar-refractivity contribution in [1.82, 2.24) is 9.29 Å². The van der Waals surface area contributed by atoms with Gasteiger partial charge in [-0.3, -0.25) is 0 Å². The van der Waals surface area contributed by atoms with Crippen molar-refractivity contribution in [2.75, 3.05) is 12.3 Å². The molecule has 2 rings (SSSR count). The number of hydrogen-bond acceptors (Lipinski definition) is 4. The van der Waals surface area contributed by atoms with Gasteiger partial charge in [-0.1, -0.05) is 6.92 Å². The predicted molar refractivity (Wildman–Crippen MR) is 68.9 cm³/mol. The first-order valence-electron chi connectivity index (χ1n) is 5.39. The van der Waals surface area contributed by atoms with E-state index in [9.17, 15) is 8.42 Å². The summed E-state index contributed by atoms with van der Waals surface area (Å²) in [4.78, 5) is 3.95. The number of pyridine rings is 1. The fraction of sp³-hybridized carbons (Fsp3) is 0.500. The lowest BCUT2D eigenvalue weighted by Crippen LogP contribution is -2.33. The van der Waals surface area contributed by atoms with Crippen molar-refractivity contribution >= 4 is 31.8 Å². The maximum atomic E-state index is 12.4. The average molecular weight is 320 g/mol. The molecule has 2 N–H and O–H groups in total. The highest BCUT2D eigenvalue weighted by Gasteiger charge is 2.38. The summed E-state index contributed by atoms with van der Waals surface area (Å²) < 4.78 is 26.9. The van der Waals surface area contributed by atoms with E-state index in [2.05, 4.69) is 20.9 Å². The molecule has 0 amide bonds. The van der Waals surface area contributed by atoms with E-state index >= 15 is 0 Å². The van der Waals surface area contributed by atoms with E-state index in [4.69, 9.17) is 5.73 Å². The van der Waals surface area contributed by atoms with Crippen molar-refractivity contribution in [1.29, 1.82) is 0 Å². The Morgan fingerprint density at radius 3 is 2.76 bits per heavy atom. The van der Waals surface area contributed by atoms with E-state index in [0.29, 0.717) is 11.0 Å². The molecule has 1 aliphatic carbocycles. The van der Waals surface area contributed by atoms with Gasteiger partial charge in [-0.05, 0) is 34.8 Å². The van der Waals surface area contributed by atoms with Crippen LogP contribution >= 0.6 is 15.9 Å². The molecule has 0 radical (unpaired) electrons. The first-order valence-corrected chi connectivity index (χ1v) is 7.63. The molecule has 0 aromatic carbocycles. The Morgan fingerprint density at radius 2 is 2.24 bits per heavy atom. The highest BCUT2D eigenvalue weighted by atomic mass is 79.9. The van der Waals surface area contributed by atoms with Crippen molar-refractivity contribution in [2.45, 2.75) is 30.7 Å². The molecule has 0 saturated heterocycles. The number of halogens is 1. The van der Waals surface area contributed by atoms with Crippen LogP contribution in [0.15, 0.2) is 21.6 Å². The van der Waals surface area contributed by atoms with Gasteiger partial charge in [0.15, 0.2) is 0 Å². The monoisotopic (exact) mass is 319 g/mol. The van der Waals surface area contributed by atoms with Crippen LogP contribution in [0.4, 0.5) is 5.82 Å². The minimum absolute atomic E-state index is 0.0484. The Bertz CT molecular complexity index is 528. The van der Waals surface area contributed by atoms with Gasteiger partial charge in [0.2, 0.25) is 10.0 Å². The molecule has 7 heteroatoms.